The molecular weight excluding hydrogens is 466 g/mol. The van der Waals surface area contributed by atoms with Crippen LogP contribution >= 0.6 is 0 Å². The van der Waals surface area contributed by atoms with E-state index in [-0.39, 0.29) is 0 Å². The average molecular weight is 498 g/mol. The molecule has 35 heavy (non-hydrogen) atoms. The molecule has 0 N–H and O–H groups in total. The van der Waals surface area contributed by atoms with Crippen LogP contribution in [0.25, 0.3) is 0 Å². The number of anilines is 2. The maximum absolute atomic E-state index is 9.22. The molecule has 3 aromatic rings. The summed E-state index contributed by atoms with van der Waals surface area (Å²) in [6.45, 7) is 0. The van der Waals surface area contributed by atoms with Crippen molar-refractivity contribution in [1.29, 1.82) is 0 Å². The van der Waals surface area contributed by atoms with Gasteiger partial charge in [-0.25, -0.2) is 13.0 Å². The van der Waals surface area contributed by atoms with E-state index in [9.17, 15) is 13.0 Å². The van der Waals surface area contributed by atoms with E-state index in [2.05, 4.69) is 72.7 Å². The molecule has 1 heterocycles. The molecule has 0 unspecified atom stereocenters. The van der Waals surface area contributed by atoms with Crippen LogP contribution in [0.5, 0.6) is 0 Å². The van der Waals surface area contributed by atoms with Crippen molar-refractivity contribution in [3.63, 3.8) is 0 Å². The Morgan fingerprint density at radius 2 is 1.37 bits per heavy atom. The molecule has 0 bridgehead atoms. The van der Waals surface area contributed by atoms with Crippen molar-refractivity contribution < 1.29 is 21.7 Å². The van der Waals surface area contributed by atoms with Gasteiger partial charge in [0.25, 0.3) is 0 Å². The summed E-state index contributed by atoms with van der Waals surface area (Å²) in [5.74, 6) is 0. The third-order valence-corrected chi connectivity index (χ3v) is 5.25. The first-order valence-electron chi connectivity index (χ1n) is 10.6. The van der Waals surface area contributed by atoms with Crippen molar-refractivity contribution in [3.8, 4) is 0 Å². The van der Waals surface area contributed by atoms with Gasteiger partial charge in [-0.2, -0.15) is 5.10 Å². The smallest absolute Gasteiger partial charge is 0.217 e. The first-order valence-corrected chi connectivity index (χ1v) is 12.0. The Balaban J connectivity index is 0.000000641. The highest BCUT2D eigenvalue weighted by molar-refractivity contribution is 7.80. The Morgan fingerprint density at radius 3 is 1.74 bits per heavy atom. The maximum Gasteiger partial charge on any atom is 0.217 e. The van der Waals surface area contributed by atoms with Gasteiger partial charge in [0.2, 0.25) is 10.4 Å². The molecule has 2 aromatic carbocycles. The van der Waals surface area contributed by atoms with E-state index in [1.54, 1.807) is 6.21 Å². The van der Waals surface area contributed by atoms with Crippen molar-refractivity contribution in [2.24, 2.45) is 17.3 Å². The molecular formula is C25H31N5O4S. The van der Waals surface area contributed by atoms with Gasteiger partial charge in [-0.05, 0) is 30.3 Å². The third kappa shape index (κ3) is 9.28. The molecule has 0 atom stereocenters. The Kier molecular flexibility index (Phi) is 10.1. The van der Waals surface area contributed by atoms with Crippen molar-refractivity contribution in [1.82, 2.24) is 0 Å². The molecule has 10 heteroatoms. The van der Waals surface area contributed by atoms with Crippen LogP contribution in [0.2, 0.25) is 0 Å². The number of aromatic nitrogens is 1. The topological polar surface area (TPSA) is 102 Å². The number of pyridine rings is 1. The predicted octanol–water partition coefficient (Wildman–Crippen LogP) is 2.61. The molecule has 0 spiro atoms. The lowest BCUT2D eigenvalue weighted by Gasteiger charge is -2.15. The lowest BCUT2D eigenvalue weighted by molar-refractivity contribution is -0.671. The SMILES string of the molecule is CN(C)c1ccc(C(=N/N=C/c2ccc[n+](C)c2)c2ccc(N(C)C)cc2)cc1.COS(=O)(=O)[O-]. The minimum Gasteiger partial charge on any atom is -0.726 e. The Hall–Kier alpha value is -3.60. The summed E-state index contributed by atoms with van der Waals surface area (Å²) in [5.41, 5.74) is 6.21. The van der Waals surface area contributed by atoms with E-state index >= 15 is 0 Å². The number of hydrogen-bond donors (Lipinski definition) is 0. The number of nitrogens with zero attached hydrogens (tertiary/aromatic N) is 5. The van der Waals surface area contributed by atoms with Crippen LogP contribution in [0.1, 0.15) is 16.7 Å². The minimum atomic E-state index is -4.41. The van der Waals surface area contributed by atoms with Gasteiger partial charge in [-0.3, -0.25) is 4.18 Å². The van der Waals surface area contributed by atoms with Gasteiger partial charge in [0, 0.05) is 56.8 Å². The summed E-state index contributed by atoms with van der Waals surface area (Å²) < 4.78 is 33.0. The molecule has 186 valence electrons. The van der Waals surface area contributed by atoms with Gasteiger partial charge in [-0.1, -0.05) is 24.3 Å². The van der Waals surface area contributed by atoms with Crippen LogP contribution in [-0.2, 0) is 21.6 Å². The molecule has 0 aliphatic heterocycles. The average Bonchev–Trinajstić information content (AvgIpc) is 2.82. The van der Waals surface area contributed by atoms with Gasteiger partial charge < -0.3 is 14.4 Å². The Bertz CT molecular complexity index is 1200. The van der Waals surface area contributed by atoms with Crippen LogP contribution in [-0.4, -0.2) is 60.2 Å². The van der Waals surface area contributed by atoms with Gasteiger partial charge in [-0.15, -0.1) is 5.10 Å². The largest absolute Gasteiger partial charge is 0.726 e. The highest BCUT2D eigenvalue weighted by Gasteiger charge is 2.09. The number of hydrogen-bond acceptors (Lipinski definition) is 8. The Morgan fingerprint density at radius 1 is 0.914 bits per heavy atom. The molecule has 9 nitrogen and oxygen atoms in total. The fourth-order valence-electron chi connectivity index (χ4n) is 2.96. The molecule has 0 saturated heterocycles. The normalized spacial score (nSPS) is 10.9. The second-order valence-corrected chi connectivity index (χ2v) is 9.10. The number of aryl methyl sites for hydroxylation is 1. The van der Waals surface area contributed by atoms with E-state index in [1.807, 2.05) is 64.3 Å². The Labute approximate surface area is 207 Å². The lowest BCUT2D eigenvalue weighted by atomic mass is 10.0. The molecule has 0 fully saturated rings. The second-order valence-electron chi connectivity index (χ2n) is 7.95. The van der Waals surface area contributed by atoms with Gasteiger partial charge in [0.05, 0.1) is 18.9 Å². The molecule has 0 aliphatic carbocycles. The first kappa shape index (κ1) is 27.6. The zero-order valence-corrected chi connectivity index (χ0v) is 21.6. The standard InChI is InChI=1S/C24H28N5.CH4O4S/c1-27(2)22-12-8-20(9-13-22)24(21-10-14-23(15-11-21)28(3)4)26-25-17-19-7-6-16-29(5)18-19;1-5-6(2,3)4/h6-18H,1-5H3;1H3,(H,2,3,4)/q+1;/p-1/b25-17+;. The predicted molar refractivity (Wildman–Crippen MR) is 139 cm³/mol. The highest BCUT2D eigenvalue weighted by Crippen LogP contribution is 2.19. The van der Waals surface area contributed by atoms with Crippen molar-refractivity contribution >= 4 is 33.7 Å². The summed E-state index contributed by atoms with van der Waals surface area (Å²) in [7, 11) is 6.53. The van der Waals surface area contributed by atoms with Crippen LogP contribution in [0.15, 0.2) is 83.3 Å². The van der Waals surface area contributed by atoms with Gasteiger partial charge >= 0.3 is 0 Å². The van der Waals surface area contributed by atoms with Crippen LogP contribution in [0.3, 0.4) is 0 Å². The van der Waals surface area contributed by atoms with Crippen molar-refractivity contribution in [2.75, 3.05) is 45.1 Å². The minimum absolute atomic E-state index is 0.808. The molecule has 3 rings (SSSR count). The van der Waals surface area contributed by atoms with Gasteiger partial charge in [0.1, 0.15) is 12.8 Å². The summed E-state index contributed by atoms with van der Waals surface area (Å²) in [4.78, 5) is 4.17. The third-order valence-electron chi connectivity index (χ3n) is 4.85. The van der Waals surface area contributed by atoms with Crippen LogP contribution in [0.4, 0.5) is 11.4 Å². The van der Waals surface area contributed by atoms with E-state index in [1.165, 1.54) is 0 Å². The van der Waals surface area contributed by atoms with Gasteiger partial charge in [0.15, 0.2) is 12.4 Å². The van der Waals surface area contributed by atoms with E-state index in [4.69, 9.17) is 0 Å². The van der Waals surface area contributed by atoms with E-state index < -0.39 is 10.4 Å². The van der Waals surface area contributed by atoms with Crippen molar-refractivity contribution in [3.05, 3.63) is 89.7 Å². The summed E-state index contributed by atoms with van der Waals surface area (Å²) in [6, 6.07) is 20.7. The zero-order chi connectivity index (χ0) is 26.0. The van der Waals surface area contributed by atoms with E-state index in [0.29, 0.717) is 0 Å². The first-order chi connectivity index (χ1) is 16.5. The summed E-state index contributed by atoms with van der Waals surface area (Å²) in [5, 5.41) is 8.97. The summed E-state index contributed by atoms with van der Waals surface area (Å²) >= 11 is 0. The molecule has 0 radical (unpaired) electrons. The lowest BCUT2D eigenvalue weighted by Crippen LogP contribution is -2.26. The van der Waals surface area contributed by atoms with E-state index in [0.717, 1.165) is 40.9 Å². The molecule has 0 amide bonds. The number of rotatable bonds is 7. The molecule has 0 aliphatic rings. The van der Waals surface area contributed by atoms with Crippen molar-refractivity contribution in [2.45, 2.75) is 0 Å². The maximum atomic E-state index is 9.22. The molecule has 1 aromatic heterocycles. The fourth-order valence-corrected chi connectivity index (χ4v) is 2.96. The number of benzene rings is 2. The van der Waals surface area contributed by atoms with Crippen LogP contribution in [0, 0.1) is 0 Å². The molecule has 0 saturated carbocycles. The highest BCUT2D eigenvalue weighted by atomic mass is 32.3. The quantitative estimate of drug-likeness (QED) is 0.164. The second kappa shape index (κ2) is 12.7. The van der Waals surface area contributed by atoms with Crippen LogP contribution < -0.4 is 14.4 Å². The fraction of sp³-hybridized carbons (Fsp3) is 0.240. The summed E-state index contributed by atoms with van der Waals surface area (Å²) in [6.07, 6.45) is 5.78. The zero-order valence-electron chi connectivity index (χ0n) is 20.8. The monoisotopic (exact) mass is 497 g/mol.